The van der Waals surface area contributed by atoms with Gasteiger partial charge in [0.2, 0.25) is 5.91 Å². The minimum atomic E-state index is -0.0259. The lowest BCUT2D eigenvalue weighted by molar-refractivity contribution is -0.118. The number of nitrogens with zero attached hydrogens (tertiary/aromatic N) is 2. The van der Waals surface area contributed by atoms with Crippen molar-refractivity contribution in [1.29, 1.82) is 0 Å². The van der Waals surface area contributed by atoms with Gasteiger partial charge >= 0.3 is 0 Å². The number of amides is 1. The molecule has 0 saturated carbocycles. The molecule has 0 saturated heterocycles. The van der Waals surface area contributed by atoms with Crippen molar-refractivity contribution >= 4 is 55.5 Å². The molecular formula is C20H17ClN2O2S2. The highest BCUT2D eigenvalue weighted by atomic mass is 35.5. The molecule has 0 spiro atoms. The number of halogens is 1. The quantitative estimate of drug-likeness (QED) is 0.390. The Bertz CT molecular complexity index is 1070. The third-order valence-corrected chi connectivity index (χ3v) is 6.53. The SMILES string of the molecule is CCc1cccc2sc(N(Cc3ccco3)C(=O)Cc3ccc(Cl)s3)nc12. The van der Waals surface area contributed by atoms with E-state index in [0.717, 1.165) is 27.3 Å². The van der Waals surface area contributed by atoms with Gasteiger partial charge in [0, 0.05) is 4.88 Å². The Morgan fingerprint density at radius 3 is 2.78 bits per heavy atom. The lowest BCUT2D eigenvalue weighted by Crippen LogP contribution is -2.31. The van der Waals surface area contributed by atoms with E-state index in [1.165, 1.54) is 28.2 Å². The normalized spacial score (nSPS) is 11.2. The number of furan rings is 1. The Hall–Kier alpha value is -2.15. The summed E-state index contributed by atoms with van der Waals surface area (Å²) in [4.78, 5) is 20.5. The average Bonchev–Trinajstić information content (AvgIpc) is 3.39. The monoisotopic (exact) mass is 416 g/mol. The summed E-state index contributed by atoms with van der Waals surface area (Å²) in [5.41, 5.74) is 2.15. The molecule has 3 heterocycles. The summed E-state index contributed by atoms with van der Waals surface area (Å²) in [6.07, 6.45) is 2.81. The summed E-state index contributed by atoms with van der Waals surface area (Å²) in [5.74, 6) is 0.699. The predicted octanol–water partition coefficient (Wildman–Crippen LogP) is 5.94. The molecule has 0 N–H and O–H groups in total. The number of anilines is 1. The number of aromatic nitrogens is 1. The van der Waals surface area contributed by atoms with E-state index in [0.29, 0.717) is 16.0 Å². The lowest BCUT2D eigenvalue weighted by Gasteiger charge is -2.18. The fourth-order valence-electron chi connectivity index (χ4n) is 2.91. The van der Waals surface area contributed by atoms with Gasteiger partial charge in [-0.25, -0.2) is 4.98 Å². The highest BCUT2D eigenvalue weighted by Gasteiger charge is 2.22. The Labute approximate surface area is 170 Å². The van der Waals surface area contributed by atoms with Gasteiger partial charge in [0.15, 0.2) is 5.13 Å². The molecule has 0 bridgehead atoms. The Morgan fingerprint density at radius 2 is 2.07 bits per heavy atom. The van der Waals surface area contributed by atoms with Crippen molar-refractivity contribution in [2.75, 3.05) is 4.90 Å². The van der Waals surface area contributed by atoms with Crippen LogP contribution in [-0.2, 0) is 24.2 Å². The molecule has 4 rings (SSSR count). The van der Waals surface area contributed by atoms with Crippen LogP contribution in [0.2, 0.25) is 4.34 Å². The van der Waals surface area contributed by atoms with Crippen LogP contribution in [0.5, 0.6) is 0 Å². The maximum absolute atomic E-state index is 13.1. The number of fused-ring (bicyclic) bond motifs is 1. The third kappa shape index (κ3) is 3.93. The van der Waals surface area contributed by atoms with Gasteiger partial charge in [0.1, 0.15) is 5.76 Å². The van der Waals surface area contributed by atoms with Gasteiger partial charge in [0.25, 0.3) is 0 Å². The van der Waals surface area contributed by atoms with Gasteiger partial charge in [-0.05, 0) is 42.3 Å². The van der Waals surface area contributed by atoms with Gasteiger partial charge in [-0.1, -0.05) is 42.0 Å². The van der Waals surface area contributed by atoms with Crippen molar-refractivity contribution in [2.45, 2.75) is 26.3 Å². The van der Waals surface area contributed by atoms with Crippen molar-refractivity contribution in [2.24, 2.45) is 0 Å². The van der Waals surface area contributed by atoms with E-state index in [2.05, 4.69) is 13.0 Å². The molecule has 27 heavy (non-hydrogen) atoms. The lowest BCUT2D eigenvalue weighted by atomic mass is 10.1. The molecule has 138 valence electrons. The topological polar surface area (TPSA) is 46.3 Å². The third-order valence-electron chi connectivity index (χ3n) is 4.25. The van der Waals surface area contributed by atoms with Gasteiger partial charge in [0.05, 0.1) is 33.8 Å². The van der Waals surface area contributed by atoms with E-state index in [-0.39, 0.29) is 12.3 Å². The molecule has 3 aromatic heterocycles. The molecule has 1 amide bonds. The number of rotatable bonds is 6. The number of hydrogen-bond donors (Lipinski definition) is 0. The zero-order valence-corrected chi connectivity index (χ0v) is 17.0. The van der Waals surface area contributed by atoms with Crippen molar-refractivity contribution in [3.8, 4) is 0 Å². The highest BCUT2D eigenvalue weighted by Crippen LogP contribution is 2.33. The molecule has 0 atom stereocenters. The molecule has 0 fully saturated rings. The molecule has 1 aromatic carbocycles. The first-order valence-electron chi connectivity index (χ1n) is 8.59. The molecule has 0 aliphatic carbocycles. The Balaban J connectivity index is 1.70. The van der Waals surface area contributed by atoms with Crippen molar-refractivity contribution < 1.29 is 9.21 Å². The molecule has 0 aliphatic rings. The minimum absolute atomic E-state index is 0.0259. The van der Waals surface area contributed by atoms with Crippen LogP contribution < -0.4 is 4.90 Å². The molecule has 7 heteroatoms. The second-order valence-electron chi connectivity index (χ2n) is 6.06. The number of thiazole rings is 1. The molecule has 4 aromatic rings. The van der Waals surface area contributed by atoms with Crippen molar-refractivity contribution in [3.63, 3.8) is 0 Å². The number of aryl methyl sites for hydroxylation is 1. The standard InChI is InChI=1S/C20H17ClN2O2S2/c1-2-13-5-3-7-16-19(13)22-20(27-16)23(12-14-6-4-10-25-14)18(24)11-15-8-9-17(21)26-15/h3-10H,2,11-12H2,1H3. The fraction of sp³-hybridized carbons (Fsp3) is 0.200. The van der Waals surface area contributed by atoms with Crippen LogP contribution in [0.1, 0.15) is 23.1 Å². The van der Waals surface area contributed by atoms with Crippen LogP contribution in [0.3, 0.4) is 0 Å². The summed E-state index contributed by atoms with van der Waals surface area (Å²) < 4.78 is 7.24. The largest absolute Gasteiger partial charge is 0.467 e. The number of carbonyl (C=O) groups is 1. The maximum atomic E-state index is 13.1. The van der Waals surface area contributed by atoms with E-state index in [1.807, 2.05) is 36.4 Å². The average molecular weight is 417 g/mol. The van der Waals surface area contributed by atoms with Crippen molar-refractivity contribution in [1.82, 2.24) is 4.98 Å². The molecule has 0 unspecified atom stereocenters. The van der Waals surface area contributed by atoms with Crippen LogP contribution in [-0.4, -0.2) is 10.9 Å². The van der Waals surface area contributed by atoms with Gasteiger partial charge in [-0.2, -0.15) is 0 Å². The minimum Gasteiger partial charge on any atom is -0.467 e. The molecule has 4 nitrogen and oxygen atoms in total. The second-order valence-corrected chi connectivity index (χ2v) is 8.86. The van der Waals surface area contributed by atoms with E-state index in [4.69, 9.17) is 21.0 Å². The first kappa shape index (κ1) is 18.2. The zero-order valence-electron chi connectivity index (χ0n) is 14.6. The first-order valence-corrected chi connectivity index (χ1v) is 10.6. The maximum Gasteiger partial charge on any atom is 0.234 e. The molecule has 0 aliphatic heterocycles. The van der Waals surface area contributed by atoms with Crippen LogP contribution in [0.15, 0.2) is 53.1 Å². The van der Waals surface area contributed by atoms with E-state index >= 15 is 0 Å². The second kappa shape index (κ2) is 7.84. The predicted molar refractivity (Wildman–Crippen MR) is 112 cm³/mol. The summed E-state index contributed by atoms with van der Waals surface area (Å²) in [6.45, 7) is 2.46. The number of carbonyl (C=O) groups excluding carboxylic acids is 1. The Morgan fingerprint density at radius 1 is 1.19 bits per heavy atom. The number of para-hydroxylation sites is 1. The summed E-state index contributed by atoms with van der Waals surface area (Å²) >= 11 is 8.97. The van der Waals surface area contributed by atoms with E-state index < -0.39 is 0 Å². The van der Waals surface area contributed by atoms with Gasteiger partial charge < -0.3 is 4.42 Å². The van der Waals surface area contributed by atoms with Crippen LogP contribution in [0.25, 0.3) is 10.2 Å². The summed E-state index contributed by atoms with van der Waals surface area (Å²) in [7, 11) is 0. The van der Waals surface area contributed by atoms with Crippen LogP contribution in [0.4, 0.5) is 5.13 Å². The number of hydrogen-bond acceptors (Lipinski definition) is 5. The van der Waals surface area contributed by atoms with E-state index in [1.54, 1.807) is 11.2 Å². The van der Waals surface area contributed by atoms with E-state index in [9.17, 15) is 4.79 Å². The van der Waals surface area contributed by atoms with Crippen LogP contribution in [0, 0.1) is 0 Å². The summed E-state index contributed by atoms with van der Waals surface area (Å²) in [6, 6.07) is 13.6. The van der Waals surface area contributed by atoms with Crippen molar-refractivity contribution in [3.05, 3.63) is 69.3 Å². The summed E-state index contributed by atoms with van der Waals surface area (Å²) in [5, 5.41) is 0.690. The van der Waals surface area contributed by atoms with Gasteiger partial charge in [-0.3, -0.25) is 9.69 Å². The first-order chi connectivity index (χ1) is 13.1. The molecule has 0 radical (unpaired) electrons. The Kier molecular flexibility index (Phi) is 5.29. The number of thiophene rings is 1. The highest BCUT2D eigenvalue weighted by molar-refractivity contribution is 7.22. The zero-order chi connectivity index (χ0) is 18.8. The smallest absolute Gasteiger partial charge is 0.234 e. The van der Waals surface area contributed by atoms with Gasteiger partial charge in [-0.15, -0.1) is 11.3 Å². The number of benzene rings is 1. The fourth-order valence-corrected chi connectivity index (χ4v) is 5.02. The van der Waals surface area contributed by atoms with Crippen LogP contribution >= 0.6 is 34.3 Å². The molecular weight excluding hydrogens is 400 g/mol.